The van der Waals surface area contributed by atoms with Gasteiger partial charge in [0.1, 0.15) is 19.8 Å². The summed E-state index contributed by atoms with van der Waals surface area (Å²) in [6, 6.07) is 0. The van der Waals surface area contributed by atoms with Crippen LogP contribution in [0.1, 0.15) is 206 Å². The first-order chi connectivity index (χ1) is 38.0. The van der Waals surface area contributed by atoms with Crippen LogP contribution in [0.4, 0.5) is 0 Å². The minimum Gasteiger partial charge on any atom is -0.462 e. The molecule has 0 aromatic heterocycles. The normalized spacial score (nSPS) is 14.4. The van der Waals surface area contributed by atoms with Gasteiger partial charge in [-0.25, -0.2) is 4.57 Å². The molecule has 0 saturated carbocycles. The highest BCUT2D eigenvalue weighted by Crippen LogP contribution is 2.43. The first kappa shape index (κ1) is 73.6. The summed E-state index contributed by atoms with van der Waals surface area (Å²) in [5, 5.41) is 0. The first-order valence-electron chi connectivity index (χ1n) is 30.2. The van der Waals surface area contributed by atoms with Gasteiger partial charge in [0.25, 0.3) is 0 Å². The van der Waals surface area contributed by atoms with Crippen LogP contribution in [0.5, 0.6) is 0 Å². The van der Waals surface area contributed by atoms with Crippen molar-refractivity contribution in [1.82, 2.24) is 0 Å². The number of ether oxygens (including phenoxy) is 2. The third-order valence-corrected chi connectivity index (χ3v) is 13.0. The van der Waals surface area contributed by atoms with Gasteiger partial charge in [-0.2, -0.15) is 0 Å². The monoisotopic (exact) mass is 1100 g/mol. The van der Waals surface area contributed by atoms with Crippen molar-refractivity contribution in [3.05, 3.63) is 158 Å². The maximum absolute atomic E-state index is 12.8. The van der Waals surface area contributed by atoms with E-state index in [-0.39, 0.29) is 26.1 Å². The fraction of sp³-hybridized carbons (Fsp3) is 0.588. The Morgan fingerprint density at radius 2 is 0.731 bits per heavy atom. The molecule has 9 nitrogen and oxygen atoms in total. The van der Waals surface area contributed by atoms with Gasteiger partial charge in [0.15, 0.2) is 6.10 Å². The second-order valence-electron chi connectivity index (χ2n) is 20.6. The molecule has 0 aromatic rings. The number of phosphoric ester groups is 1. The number of carbonyl (C=O) groups is 2. The molecule has 0 aliphatic heterocycles. The molecule has 10 heteroatoms. The van der Waals surface area contributed by atoms with Gasteiger partial charge < -0.3 is 18.9 Å². The maximum Gasteiger partial charge on any atom is 0.472 e. The van der Waals surface area contributed by atoms with E-state index in [1.165, 1.54) is 38.5 Å². The molecular formula is C68H111NO8P+. The molecule has 0 heterocycles. The second kappa shape index (κ2) is 57.3. The molecule has 0 aliphatic rings. The van der Waals surface area contributed by atoms with Crippen molar-refractivity contribution in [1.29, 1.82) is 0 Å². The lowest BCUT2D eigenvalue weighted by Gasteiger charge is -2.24. The number of carbonyl (C=O) groups excluding carboxylic acids is 2. The molecule has 0 rings (SSSR count). The zero-order chi connectivity index (χ0) is 57.0. The molecule has 440 valence electrons. The fourth-order valence-corrected chi connectivity index (χ4v) is 8.14. The molecule has 78 heavy (non-hydrogen) atoms. The average molecular weight is 1100 g/mol. The Labute approximate surface area is 477 Å². The minimum absolute atomic E-state index is 0.0111. The molecule has 0 radical (unpaired) electrons. The lowest BCUT2D eigenvalue weighted by molar-refractivity contribution is -0.870. The molecule has 0 aliphatic carbocycles. The van der Waals surface area contributed by atoms with Crippen LogP contribution in [0, 0.1) is 0 Å². The van der Waals surface area contributed by atoms with Crippen LogP contribution < -0.4 is 0 Å². The largest absolute Gasteiger partial charge is 0.472 e. The summed E-state index contributed by atoms with van der Waals surface area (Å²) >= 11 is 0. The Hall–Kier alpha value is -4.37. The molecule has 0 aromatic carbocycles. The number of quaternary nitrogens is 1. The minimum atomic E-state index is -4.42. The lowest BCUT2D eigenvalue weighted by Crippen LogP contribution is -2.37. The quantitative estimate of drug-likeness (QED) is 0.0211. The Morgan fingerprint density at radius 3 is 1.12 bits per heavy atom. The van der Waals surface area contributed by atoms with Crippen LogP contribution in [-0.4, -0.2) is 74.9 Å². The van der Waals surface area contributed by atoms with Gasteiger partial charge in [-0.3, -0.25) is 18.6 Å². The highest BCUT2D eigenvalue weighted by molar-refractivity contribution is 7.47. The van der Waals surface area contributed by atoms with Crippen LogP contribution in [0.15, 0.2) is 158 Å². The van der Waals surface area contributed by atoms with Gasteiger partial charge in [0, 0.05) is 12.8 Å². The number of esters is 2. The highest BCUT2D eigenvalue weighted by atomic mass is 31.2. The van der Waals surface area contributed by atoms with Gasteiger partial charge >= 0.3 is 19.8 Å². The van der Waals surface area contributed by atoms with Crippen molar-refractivity contribution in [2.24, 2.45) is 0 Å². The fourth-order valence-electron chi connectivity index (χ4n) is 7.40. The Bertz CT molecular complexity index is 1870. The van der Waals surface area contributed by atoms with E-state index in [0.29, 0.717) is 23.9 Å². The Balaban J connectivity index is 4.33. The predicted octanol–water partition coefficient (Wildman–Crippen LogP) is 19.3. The average Bonchev–Trinajstić information content (AvgIpc) is 3.41. The SMILES string of the molecule is CC/C=C\C/C=C\C/C=C\C/C=C\C/C=C\C/C=C\C/C=C\C/C=C\C/C=C\C/C=C\CCCCC(=O)OC(COC(=O)CCCCCCCC/C=C\C/C=C\C/C=C\CCCCCCC)COP(=O)(O)OCC[N+](C)(C)C. The van der Waals surface area contributed by atoms with Crippen molar-refractivity contribution < 1.29 is 42.1 Å². The lowest BCUT2D eigenvalue weighted by atomic mass is 10.1. The van der Waals surface area contributed by atoms with Crippen molar-refractivity contribution in [2.45, 2.75) is 213 Å². The molecule has 0 spiro atoms. The van der Waals surface area contributed by atoms with E-state index in [0.717, 1.165) is 128 Å². The summed E-state index contributed by atoms with van der Waals surface area (Å²) in [6.45, 7) is 4.21. The van der Waals surface area contributed by atoms with Gasteiger partial charge in [0.2, 0.25) is 0 Å². The van der Waals surface area contributed by atoms with E-state index in [4.69, 9.17) is 18.5 Å². The van der Waals surface area contributed by atoms with Gasteiger partial charge in [-0.05, 0) is 128 Å². The number of allylic oxidation sites excluding steroid dienone is 26. The molecule has 1 N–H and O–H groups in total. The maximum atomic E-state index is 12.8. The van der Waals surface area contributed by atoms with Gasteiger partial charge in [0.05, 0.1) is 27.7 Å². The molecule has 0 amide bonds. The predicted molar refractivity (Wildman–Crippen MR) is 334 cm³/mol. The molecule has 0 fully saturated rings. The molecule has 0 saturated heterocycles. The molecule has 2 atom stereocenters. The van der Waals surface area contributed by atoms with E-state index >= 15 is 0 Å². The van der Waals surface area contributed by atoms with Crippen LogP contribution in [-0.2, 0) is 32.7 Å². The zero-order valence-electron chi connectivity index (χ0n) is 49.8. The standard InChI is InChI=1S/C68H110NO8P/c1-6-8-10-12-14-16-18-20-22-24-26-28-29-30-31-32-33-34-35-36-37-38-39-41-43-45-47-49-51-53-55-57-59-61-68(71)77-66(65-76-78(72,73)75-63-62-69(3,4)5)64-74-67(70)60-58-56-54-52-50-48-46-44-42-40-27-25-23-21-19-17-15-13-11-9-7-2/h8,10,14,16,19-22,25-28,30-31,33-34,36-37,39,41-42,44-45,47,51,53,66H,6-7,9,11-13,15,17-18,23-24,29,32,35,38,40,43,46,48-50,52,54-65H2,1-5H3/p+1/b10-8-,16-14-,21-19-,22-20-,27-25-,28-26-,31-30-,34-33-,37-36-,41-39-,44-42-,47-45-,53-51-. The summed E-state index contributed by atoms with van der Waals surface area (Å²) in [4.78, 5) is 35.7. The number of phosphoric acid groups is 1. The third kappa shape index (κ3) is 60.9. The Kier molecular flexibility index (Phi) is 54.1. The van der Waals surface area contributed by atoms with E-state index in [9.17, 15) is 19.0 Å². The van der Waals surface area contributed by atoms with Crippen molar-refractivity contribution in [3.63, 3.8) is 0 Å². The smallest absolute Gasteiger partial charge is 0.462 e. The van der Waals surface area contributed by atoms with Crippen LogP contribution in [0.2, 0.25) is 0 Å². The molecular weight excluding hydrogens is 990 g/mol. The third-order valence-electron chi connectivity index (χ3n) is 12.0. The van der Waals surface area contributed by atoms with Gasteiger partial charge in [-0.15, -0.1) is 0 Å². The van der Waals surface area contributed by atoms with Crippen molar-refractivity contribution >= 4 is 19.8 Å². The van der Waals surface area contributed by atoms with E-state index in [1.54, 1.807) is 0 Å². The number of unbranched alkanes of at least 4 members (excludes halogenated alkanes) is 13. The summed E-state index contributed by atoms with van der Waals surface area (Å²) in [5.74, 6) is -0.877. The van der Waals surface area contributed by atoms with Crippen LogP contribution in [0.25, 0.3) is 0 Å². The van der Waals surface area contributed by atoms with Crippen LogP contribution >= 0.6 is 7.82 Å². The van der Waals surface area contributed by atoms with E-state index in [2.05, 4.69) is 172 Å². The number of rotatable bonds is 53. The van der Waals surface area contributed by atoms with E-state index < -0.39 is 32.5 Å². The summed E-state index contributed by atoms with van der Waals surface area (Å²) in [6.07, 6.45) is 86.0. The second-order valence-corrected chi connectivity index (χ2v) is 22.1. The number of nitrogens with zero attached hydrogens (tertiary/aromatic N) is 1. The number of hydrogen-bond donors (Lipinski definition) is 1. The first-order valence-corrected chi connectivity index (χ1v) is 31.7. The zero-order valence-corrected chi connectivity index (χ0v) is 50.7. The van der Waals surface area contributed by atoms with Crippen LogP contribution in [0.3, 0.4) is 0 Å². The summed E-state index contributed by atoms with van der Waals surface area (Å²) < 4.78 is 34.5. The number of likely N-dealkylation sites (N-methyl/N-ethyl adjacent to an activating group) is 1. The summed E-state index contributed by atoms with van der Waals surface area (Å²) in [7, 11) is 1.41. The van der Waals surface area contributed by atoms with E-state index in [1.807, 2.05) is 21.1 Å². The van der Waals surface area contributed by atoms with Crippen molar-refractivity contribution in [2.75, 3.05) is 47.5 Å². The Morgan fingerprint density at radius 1 is 0.410 bits per heavy atom. The van der Waals surface area contributed by atoms with Crippen molar-refractivity contribution in [3.8, 4) is 0 Å². The molecule has 2 unspecified atom stereocenters. The highest BCUT2D eigenvalue weighted by Gasteiger charge is 2.27. The topological polar surface area (TPSA) is 108 Å². The molecule has 0 bridgehead atoms. The number of hydrogen-bond acceptors (Lipinski definition) is 7. The summed E-state index contributed by atoms with van der Waals surface area (Å²) in [5.41, 5.74) is 0. The van der Waals surface area contributed by atoms with Gasteiger partial charge in [-0.1, -0.05) is 223 Å².